The Bertz CT molecular complexity index is 630. The number of aromatic nitrogens is 2. The maximum absolute atomic E-state index is 11.8. The molecule has 0 bridgehead atoms. The van der Waals surface area contributed by atoms with Crippen molar-refractivity contribution in [2.75, 3.05) is 13.2 Å². The van der Waals surface area contributed by atoms with Gasteiger partial charge in [-0.1, -0.05) is 42.4 Å². The molecule has 7 heteroatoms. The molecular weight excluding hydrogens is 308 g/mol. The molecular formula is C17H24N4O3. The van der Waals surface area contributed by atoms with Gasteiger partial charge in [0.2, 0.25) is 11.7 Å². The topological polar surface area (TPSA) is 100 Å². The van der Waals surface area contributed by atoms with Crippen LogP contribution in [0.3, 0.4) is 0 Å². The van der Waals surface area contributed by atoms with Gasteiger partial charge in [0.25, 0.3) is 0 Å². The van der Waals surface area contributed by atoms with E-state index in [0.717, 1.165) is 12.0 Å². The molecule has 0 aliphatic carbocycles. The molecule has 7 nitrogen and oxygen atoms in total. The predicted molar refractivity (Wildman–Crippen MR) is 90.5 cm³/mol. The van der Waals surface area contributed by atoms with E-state index in [2.05, 4.69) is 20.8 Å². The molecule has 0 radical (unpaired) electrons. The normalized spacial score (nSPS) is 13.3. The first-order chi connectivity index (χ1) is 11.6. The zero-order chi connectivity index (χ0) is 17.4. The summed E-state index contributed by atoms with van der Waals surface area (Å²) in [5.74, 6) is 0.940. The van der Waals surface area contributed by atoms with Crippen molar-refractivity contribution in [2.24, 2.45) is 0 Å². The number of nitrogens with one attached hydrogen (secondary N) is 2. The smallest absolute Gasteiger partial charge is 0.315 e. The zero-order valence-corrected chi connectivity index (χ0v) is 14.0. The second kappa shape index (κ2) is 9.02. The van der Waals surface area contributed by atoms with E-state index in [0.29, 0.717) is 24.7 Å². The molecule has 0 saturated heterocycles. The number of nitrogens with zero attached hydrogens (tertiary/aromatic N) is 2. The van der Waals surface area contributed by atoms with Crippen molar-refractivity contribution >= 4 is 6.03 Å². The Hall–Kier alpha value is -2.41. The van der Waals surface area contributed by atoms with Crippen LogP contribution in [0.1, 0.15) is 38.5 Å². The number of benzene rings is 1. The van der Waals surface area contributed by atoms with Gasteiger partial charge in [-0.3, -0.25) is 0 Å². The summed E-state index contributed by atoms with van der Waals surface area (Å²) in [7, 11) is 0. The van der Waals surface area contributed by atoms with Crippen LogP contribution in [0.2, 0.25) is 0 Å². The lowest BCUT2D eigenvalue weighted by Gasteiger charge is -2.15. The Labute approximate surface area is 141 Å². The van der Waals surface area contributed by atoms with Gasteiger partial charge in [0, 0.05) is 24.8 Å². The molecule has 0 fully saturated rings. The average Bonchev–Trinajstić information content (AvgIpc) is 3.09. The lowest BCUT2D eigenvalue weighted by molar-refractivity contribution is 0.233. The van der Waals surface area contributed by atoms with Crippen molar-refractivity contribution in [1.29, 1.82) is 0 Å². The predicted octanol–water partition coefficient (Wildman–Crippen LogP) is 2.30. The molecule has 1 aromatic carbocycles. The highest BCUT2D eigenvalue weighted by Gasteiger charge is 2.16. The summed E-state index contributed by atoms with van der Waals surface area (Å²) in [4.78, 5) is 16.2. The number of carbonyl (C=O) groups excluding carboxylic acids is 1. The maximum Gasteiger partial charge on any atom is 0.315 e. The van der Waals surface area contributed by atoms with E-state index >= 15 is 0 Å². The highest BCUT2D eigenvalue weighted by molar-refractivity contribution is 5.74. The summed E-state index contributed by atoms with van der Waals surface area (Å²) in [5, 5.41) is 18.4. The number of aliphatic hydroxyl groups excluding tert-OH is 1. The SMILES string of the molecule is CC(CCCO)NC(=O)NCC(C)c1nc(-c2ccccc2)no1. The number of hydrogen-bond acceptors (Lipinski definition) is 5. The van der Waals surface area contributed by atoms with Gasteiger partial charge in [0.05, 0.1) is 5.92 Å². The van der Waals surface area contributed by atoms with Crippen LogP contribution >= 0.6 is 0 Å². The Morgan fingerprint density at radius 3 is 2.75 bits per heavy atom. The quantitative estimate of drug-likeness (QED) is 0.689. The average molecular weight is 332 g/mol. The fourth-order valence-electron chi connectivity index (χ4n) is 2.22. The summed E-state index contributed by atoms with van der Waals surface area (Å²) < 4.78 is 5.29. The van der Waals surface area contributed by atoms with Crippen LogP contribution in [0.15, 0.2) is 34.9 Å². The first-order valence-corrected chi connectivity index (χ1v) is 8.14. The van der Waals surface area contributed by atoms with E-state index in [1.54, 1.807) is 0 Å². The van der Waals surface area contributed by atoms with E-state index < -0.39 is 0 Å². The lowest BCUT2D eigenvalue weighted by Crippen LogP contribution is -2.42. The summed E-state index contributed by atoms with van der Waals surface area (Å²) >= 11 is 0. The van der Waals surface area contributed by atoms with E-state index in [4.69, 9.17) is 9.63 Å². The van der Waals surface area contributed by atoms with Crippen molar-refractivity contribution < 1.29 is 14.4 Å². The maximum atomic E-state index is 11.8. The Morgan fingerprint density at radius 2 is 2.04 bits per heavy atom. The van der Waals surface area contributed by atoms with E-state index in [9.17, 15) is 4.79 Å². The molecule has 2 amide bonds. The second-order valence-electron chi connectivity index (χ2n) is 5.84. The standard InChI is InChI=1S/C17H24N4O3/c1-12(11-18-17(23)19-13(2)7-6-10-22)16-20-15(21-24-16)14-8-4-3-5-9-14/h3-5,8-9,12-13,22H,6-7,10-11H2,1-2H3,(H2,18,19,23). The van der Waals surface area contributed by atoms with Crippen LogP contribution in [0.25, 0.3) is 11.4 Å². The van der Waals surface area contributed by atoms with Gasteiger partial charge >= 0.3 is 6.03 Å². The van der Waals surface area contributed by atoms with Gasteiger partial charge in [-0.05, 0) is 19.8 Å². The van der Waals surface area contributed by atoms with E-state index in [1.807, 2.05) is 44.2 Å². The van der Waals surface area contributed by atoms with Crippen LogP contribution < -0.4 is 10.6 Å². The van der Waals surface area contributed by atoms with Crippen LogP contribution in [-0.4, -0.2) is 40.5 Å². The molecule has 2 rings (SSSR count). The molecule has 3 N–H and O–H groups in total. The van der Waals surface area contributed by atoms with Crippen LogP contribution in [0.5, 0.6) is 0 Å². The third-order valence-electron chi connectivity index (χ3n) is 3.64. The number of carbonyl (C=O) groups is 1. The van der Waals surface area contributed by atoms with Crippen molar-refractivity contribution in [3.8, 4) is 11.4 Å². The first kappa shape index (κ1) is 17.9. The highest BCUT2D eigenvalue weighted by Crippen LogP contribution is 2.18. The van der Waals surface area contributed by atoms with Crippen molar-refractivity contribution in [3.05, 3.63) is 36.2 Å². The molecule has 2 aromatic rings. The highest BCUT2D eigenvalue weighted by atomic mass is 16.5. The molecule has 0 aliphatic rings. The number of hydrogen-bond donors (Lipinski definition) is 3. The van der Waals surface area contributed by atoms with Gasteiger partial charge in [-0.25, -0.2) is 4.79 Å². The molecule has 1 heterocycles. The zero-order valence-electron chi connectivity index (χ0n) is 14.0. The van der Waals surface area contributed by atoms with Crippen LogP contribution in [0.4, 0.5) is 4.79 Å². The molecule has 2 atom stereocenters. The number of amides is 2. The molecule has 1 aromatic heterocycles. The van der Waals surface area contributed by atoms with Gasteiger partial charge in [0.1, 0.15) is 0 Å². The molecule has 0 aliphatic heterocycles. The Balaban J connectivity index is 1.81. The second-order valence-corrected chi connectivity index (χ2v) is 5.84. The monoisotopic (exact) mass is 332 g/mol. The number of urea groups is 1. The number of rotatable bonds is 8. The van der Waals surface area contributed by atoms with Crippen molar-refractivity contribution in [2.45, 2.75) is 38.6 Å². The molecule has 2 unspecified atom stereocenters. The van der Waals surface area contributed by atoms with Gasteiger partial charge in [-0.15, -0.1) is 0 Å². The third kappa shape index (κ3) is 5.34. The third-order valence-corrected chi connectivity index (χ3v) is 3.64. The first-order valence-electron chi connectivity index (χ1n) is 8.14. The fraction of sp³-hybridized carbons (Fsp3) is 0.471. The van der Waals surface area contributed by atoms with Crippen LogP contribution in [0, 0.1) is 0 Å². The summed E-state index contributed by atoms with van der Waals surface area (Å²) in [6.07, 6.45) is 1.41. The van der Waals surface area contributed by atoms with Crippen molar-refractivity contribution in [1.82, 2.24) is 20.8 Å². The lowest BCUT2D eigenvalue weighted by atomic mass is 10.1. The molecule has 24 heavy (non-hydrogen) atoms. The molecule has 130 valence electrons. The summed E-state index contributed by atoms with van der Waals surface area (Å²) in [6.45, 7) is 4.35. The van der Waals surface area contributed by atoms with E-state index in [1.165, 1.54) is 0 Å². The molecule has 0 spiro atoms. The Kier molecular flexibility index (Phi) is 6.74. The minimum Gasteiger partial charge on any atom is -0.396 e. The minimum absolute atomic E-state index is 0.0144. The Morgan fingerprint density at radius 1 is 1.29 bits per heavy atom. The summed E-state index contributed by atoms with van der Waals surface area (Å²) in [5.41, 5.74) is 0.892. The van der Waals surface area contributed by atoms with Crippen molar-refractivity contribution in [3.63, 3.8) is 0 Å². The van der Waals surface area contributed by atoms with Gasteiger partial charge in [-0.2, -0.15) is 4.98 Å². The van der Waals surface area contributed by atoms with Gasteiger partial charge in [0.15, 0.2) is 0 Å². The molecule has 0 saturated carbocycles. The fourth-order valence-corrected chi connectivity index (χ4v) is 2.22. The van der Waals surface area contributed by atoms with E-state index in [-0.39, 0.29) is 24.6 Å². The minimum atomic E-state index is -0.241. The number of aliphatic hydroxyl groups is 1. The summed E-state index contributed by atoms with van der Waals surface area (Å²) in [6, 6.07) is 9.36. The van der Waals surface area contributed by atoms with Crippen LogP contribution in [-0.2, 0) is 0 Å². The van der Waals surface area contributed by atoms with Gasteiger partial charge < -0.3 is 20.3 Å². The largest absolute Gasteiger partial charge is 0.396 e.